The van der Waals surface area contributed by atoms with Crippen molar-refractivity contribution in [3.63, 3.8) is 0 Å². The summed E-state index contributed by atoms with van der Waals surface area (Å²) >= 11 is 0. The average molecular weight is 591 g/mol. The lowest BCUT2D eigenvalue weighted by Gasteiger charge is -2.33. The highest BCUT2D eigenvalue weighted by Crippen LogP contribution is 2.36. The number of piperidine rings is 1. The summed E-state index contributed by atoms with van der Waals surface area (Å²) in [7, 11) is 1.75. The average Bonchev–Trinajstić information content (AvgIpc) is 3.52. The van der Waals surface area contributed by atoms with Crippen LogP contribution in [0.5, 0.6) is 28.7 Å². The highest BCUT2D eigenvalue weighted by Gasteiger charge is 2.27. The van der Waals surface area contributed by atoms with Crippen LogP contribution < -0.4 is 33.9 Å². The summed E-state index contributed by atoms with van der Waals surface area (Å²) in [5.74, 6) is 4.40. The Balaban J connectivity index is 0.976. The van der Waals surface area contributed by atoms with Crippen LogP contribution >= 0.6 is 0 Å². The zero-order valence-electron chi connectivity index (χ0n) is 24.9. The molecule has 3 aliphatic rings. The van der Waals surface area contributed by atoms with E-state index in [1.54, 1.807) is 7.11 Å². The fourth-order valence-electron chi connectivity index (χ4n) is 5.85. The quantitative estimate of drug-likeness (QED) is 0.256. The third kappa shape index (κ3) is 7.65. The van der Waals surface area contributed by atoms with E-state index in [-0.39, 0.29) is 12.9 Å². The van der Waals surface area contributed by atoms with Crippen LogP contribution in [0, 0.1) is 0 Å². The highest BCUT2D eigenvalue weighted by atomic mass is 16.7. The second kappa shape index (κ2) is 14.7. The molecule has 0 amide bonds. The maximum absolute atomic E-state index is 6.54. The molecule has 6 rings (SSSR count). The highest BCUT2D eigenvalue weighted by molar-refractivity contribution is 5.61. The minimum absolute atomic E-state index is 0.0962. The fraction of sp³-hybridized carbons (Fsp3) is 0.471. The van der Waals surface area contributed by atoms with Gasteiger partial charge in [0.15, 0.2) is 11.5 Å². The van der Waals surface area contributed by atoms with E-state index in [0.717, 1.165) is 92.0 Å². The van der Waals surface area contributed by atoms with Gasteiger partial charge in [-0.1, -0.05) is 18.2 Å². The minimum Gasteiger partial charge on any atom is -0.493 e. The lowest BCUT2D eigenvalue weighted by molar-refractivity contribution is 0.0106. The number of anilines is 1. The molecule has 0 bridgehead atoms. The number of nitrogens with one attached hydrogen (secondary N) is 1. The SMILES string of the molecule is COCCCN1CCOc2ccc(COC3CNCCC3c3ccc(OCCCOc4ccc5c(c4)OCO5)cc3)cc21. The lowest BCUT2D eigenvalue weighted by Crippen LogP contribution is -2.41. The molecule has 9 heteroatoms. The van der Waals surface area contributed by atoms with Crippen molar-refractivity contribution >= 4 is 5.69 Å². The Morgan fingerprint density at radius 3 is 2.53 bits per heavy atom. The Bertz CT molecular complexity index is 1320. The van der Waals surface area contributed by atoms with Crippen LogP contribution in [0.1, 0.15) is 36.3 Å². The zero-order chi connectivity index (χ0) is 29.3. The Morgan fingerprint density at radius 1 is 0.837 bits per heavy atom. The van der Waals surface area contributed by atoms with E-state index in [0.29, 0.717) is 32.3 Å². The number of methoxy groups -OCH3 is 1. The van der Waals surface area contributed by atoms with Crippen molar-refractivity contribution in [1.82, 2.24) is 5.32 Å². The van der Waals surface area contributed by atoms with Gasteiger partial charge in [0.2, 0.25) is 6.79 Å². The van der Waals surface area contributed by atoms with Gasteiger partial charge in [0, 0.05) is 45.2 Å². The number of hydrogen-bond acceptors (Lipinski definition) is 9. The van der Waals surface area contributed by atoms with E-state index in [1.165, 1.54) is 5.56 Å². The molecule has 3 aromatic rings. The third-order valence-electron chi connectivity index (χ3n) is 8.13. The predicted molar refractivity (Wildman–Crippen MR) is 164 cm³/mol. The number of rotatable bonds is 14. The molecule has 1 N–H and O–H groups in total. The van der Waals surface area contributed by atoms with Crippen LogP contribution in [0.4, 0.5) is 5.69 Å². The zero-order valence-corrected chi connectivity index (χ0v) is 24.9. The molecule has 1 saturated heterocycles. The first kappa shape index (κ1) is 29.4. The molecular formula is C34H42N2O7. The summed E-state index contributed by atoms with van der Waals surface area (Å²) in [4.78, 5) is 2.39. The molecule has 43 heavy (non-hydrogen) atoms. The van der Waals surface area contributed by atoms with E-state index >= 15 is 0 Å². The van der Waals surface area contributed by atoms with Crippen molar-refractivity contribution in [3.05, 3.63) is 71.8 Å². The van der Waals surface area contributed by atoms with Crippen molar-refractivity contribution in [3.8, 4) is 28.7 Å². The summed E-state index contributed by atoms with van der Waals surface area (Å²) in [6.45, 7) is 7.12. The second-order valence-corrected chi connectivity index (χ2v) is 11.1. The van der Waals surface area contributed by atoms with E-state index in [9.17, 15) is 0 Å². The van der Waals surface area contributed by atoms with E-state index in [2.05, 4.69) is 52.7 Å². The summed E-state index contributed by atoms with van der Waals surface area (Å²) in [6, 6.07) is 20.5. The largest absolute Gasteiger partial charge is 0.493 e. The Labute approximate surface area is 253 Å². The first-order valence-corrected chi connectivity index (χ1v) is 15.3. The molecule has 3 aliphatic heterocycles. The van der Waals surface area contributed by atoms with Crippen LogP contribution in [-0.4, -0.2) is 72.6 Å². The van der Waals surface area contributed by atoms with Crippen LogP contribution in [0.2, 0.25) is 0 Å². The molecule has 0 aliphatic carbocycles. The molecule has 0 saturated carbocycles. The van der Waals surface area contributed by atoms with Gasteiger partial charge < -0.3 is 43.4 Å². The van der Waals surface area contributed by atoms with Gasteiger partial charge in [-0.3, -0.25) is 0 Å². The first-order chi connectivity index (χ1) is 21.3. The maximum Gasteiger partial charge on any atom is 0.231 e. The molecule has 2 unspecified atom stereocenters. The van der Waals surface area contributed by atoms with E-state index in [1.807, 2.05) is 18.2 Å². The van der Waals surface area contributed by atoms with Gasteiger partial charge in [-0.05, 0) is 66.9 Å². The van der Waals surface area contributed by atoms with Gasteiger partial charge in [-0.15, -0.1) is 0 Å². The van der Waals surface area contributed by atoms with Crippen LogP contribution in [-0.2, 0) is 16.1 Å². The lowest BCUT2D eigenvalue weighted by atomic mass is 9.87. The summed E-state index contributed by atoms with van der Waals surface area (Å²) in [5, 5.41) is 3.52. The van der Waals surface area contributed by atoms with Gasteiger partial charge in [-0.25, -0.2) is 0 Å². The van der Waals surface area contributed by atoms with Crippen LogP contribution in [0.3, 0.4) is 0 Å². The van der Waals surface area contributed by atoms with Crippen molar-refractivity contribution in [2.45, 2.75) is 37.9 Å². The van der Waals surface area contributed by atoms with Gasteiger partial charge in [-0.2, -0.15) is 0 Å². The van der Waals surface area contributed by atoms with Gasteiger partial charge >= 0.3 is 0 Å². The van der Waals surface area contributed by atoms with Gasteiger partial charge in [0.05, 0.1) is 38.2 Å². The molecule has 3 heterocycles. The van der Waals surface area contributed by atoms with Gasteiger partial charge in [0.25, 0.3) is 0 Å². The van der Waals surface area contributed by atoms with Crippen molar-refractivity contribution < 1.29 is 33.2 Å². The summed E-state index contributed by atoms with van der Waals surface area (Å²) in [5.41, 5.74) is 3.60. The van der Waals surface area contributed by atoms with E-state index in [4.69, 9.17) is 33.2 Å². The normalized spacial score (nSPS) is 19.0. The van der Waals surface area contributed by atoms with Gasteiger partial charge in [0.1, 0.15) is 23.9 Å². The Kier molecular flexibility index (Phi) is 10.0. The standard InChI is InChI=1S/C34H42N2O7/c1-37-16-2-14-36-15-19-40-31-10-4-25(20-30(31)36)23-41-34-22-35-13-12-29(34)26-5-7-27(8-6-26)38-17-3-18-39-28-9-11-32-33(21-28)43-24-42-32/h4-11,20-21,29,34-35H,2-3,12-19,22-24H2,1H3. The van der Waals surface area contributed by atoms with Crippen LogP contribution in [0.25, 0.3) is 0 Å². The Morgan fingerprint density at radius 2 is 1.65 bits per heavy atom. The molecule has 0 aromatic heterocycles. The van der Waals surface area contributed by atoms with Crippen molar-refractivity contribution in [1.29, 1.82) is 0 Å². The monoisotopic (exact) mass is 590 g/mol. The molecule has 1 fully saturated rings. The van der Waals surface area contributed by atoms with Crippen molar-refractivity contribution in [2.24, 2.45) is 0 Å². The topological polar surface area (TPSA) is 79.9 Å². The number of benzene rings is 3. The third-order valence-corrected chi connectivity index (χ3v) is 8.13. The summed E-state index contributed by atoms with van der Waals surface area (Å²) in [6.07, 6.45) is 2.90. The molecule has 0 radical (unpaired) electrons. The number of ether oxygens (including phenoxy) is 7. The Hall–Kier alpha value is -3.66. The molecule has 3 aromatic carbocycles. The molecule has 0 spiro atoms. The maximum atomic E-state index is 6.54. The molecular weight excluding hydrogens is 548 g/mol. The predicted octanol–water partition coefficient (Wildman–Crippen LogP) is 5.16. The number of hydrogen-bond donors (Lipinski definition) is 1. The van der Waals surface area contributed by atoms with Crippen LogP contribution in [0.15, 0.2) is 60.7 Å². The first-order valence-electron chi connectivity index (χ1n) is 15.3. The van der Waals surface area contributed by atoms with E-state index < -0.39 is 0 Å². The number of fused-ring (bicyclic) bond motifs is 2. The summed E-state index contributed by atoms with van der Waals surface area (Å²) < 4.78 is 40.3. The van der Waals surface area contributed by atoms with Crippen molar-refractivity contribution in [2.75, 3.05) is 71.4 Å². The molecule has 230 valence electrons. The smallest absolute Gasteiger partial charge is 0.231 e. The minimum atomic E-state index is 0.0962. The fourth-order valence-corrected chi connectivity index (χ4v) is 5.85. The second-order valence-electron chi connectivity index (χ2n) is 11.1. The number of nitrogens with zero attached hydrogens (tertiary/aromatic N) is 1. The molecule has 2 atom stereocenters. The molecule has 9 nitrogen and oxygen atoms in total.